The van der Waals surface area contributed by atoms with Gasteiger partial charge >= 0.3 is 5.97 Å². The molecular formula is C8H10O3. The molecule has 1 atom stereocenters. The van der Waals surface area contributed by atoms with Crippen molar-refractivity contribution in [2.45, 2.75) is 19.1 Å². The Hall–Kier alpha value is -1.09. The summed E-state index contributed by atoms with van der Waals surface area (Å²) in [4.78, 5) is 10.5. The first-order valence-corrected chi connectivity index (χ1v) is 3.39. The van der Waals surface area contributed by atoms with E-state index in [1.807, 2.05) is 0 Å². The number of ether oxygens (including phenoxy) is 1. The van der Waals surface area contributed by atoms with Crippen LogP contribution in [-0.4, -0.2) is 16.9 Å². The van der Waals surface area contributed by atoms with Crippen molar-refractivity contribution in [1.82, 2.24) is 0 Å². The van der Waals surface area contributed by atoms with E-state index < -0.39 is 11.8 Å². The van der Waals surface area contributed by atoms with Gasteiger partial charge in [-0.15, -0.1) is 0 Å². The van der Waals surface area contributed by atoms with Crippen molar-refractivity contribution in [2.24, 2.45) is 0 Å². The van der Waals surface area contributed by atoms with E-state index in [2.05, 4.69) is 4.74 Å². The van der Waals surface area contributed by atoms with Crippen LogP contribution in [0.2, 0.25) is 0 Å². The fourth-order valence-corrected chi connectivity index (χ4v) is 0.914. The zero-order valence-electron chi connectivity index (χ0n) is 6.28. The molecule has 11 heavy (non-hydrogen) atoms. The van der Waals surface area contributed by atoms with Gasteiger partial charge in [-0.05, 0) is 6.08 Å². The number of carbonyl (C=O) groups is 1. The van der Waals surface area contributed by atoms with Crippen molar-refractivity contribution < 1.29 is 14.6 Å². The van der Waals surface area contributed by atoms with Crippen molar-refractivity contribution in [1.29, 1.82) is 0 Å². The molecular weight excluding hydrogens is 144 g/mol. The molecule has 1 aliphatic carbocycles. The van der Waals surface area contributed by atoms with Gasteiger partial charge < -0.3 is 9.84 Å². The smallest absolute Gasteiger partial charge is 0.305 e. The average Bonchev–Trinajstić information content (AvgIpc) is 1.85. The lowest BCUT2D eigenvalue weighted by molar-refractivity contribution is -0.187. The summed E-state index contributed by atoms with van der Waals surface area (Å²) in [6.07, 6.45) is 6.95. The van der Waals surface area contributed by atoms with Crippen molar-refractivity contribution in [2.75, 3.05) is 0 Å². The molecule has 60 valence electrons. The third-order valence-electron chi connectivity index (χ3n) is 1.33. The Bertz CT molecular complexity index is 217. The molecule has 1 rings (SSSR count). The Labute approximate surface area is 65.0 Å². The Balaban J connectivity index is 2.61. The minimum absolute atomic E-state index is 0.322. The monoisotopic (exact) mass is 154 g/mol. The van der Waals surface area contributed by atoms with Crippen molar-refractivity contribution >= 4 is 5.97 Å². The Morgan fingerprint density at radius 3 is 2.82 bits per heavy atom. The second kappa shape index (κ2) is 2.88. The van der Waals surface area contributed by atoms with Gasteiger partial charge in [0.25, 0.3) is 0 Å². The summed E-state index contributed by atoms with van der Waals surface area (Å²) in [5.41, 5.74) is 0. The van der Waals surface area contributed by atoms with Gasteiger partial charge in [0.1, 0.15) is 0 Å². The predicted octanol–water partition coefficient (Wildman–Crippen LogP) is 0.754. The van der Waals surface area contributed by atoms with E-state index in [-0.39, 0.29) is 0 Å². The van der Waals surface area contributed by atoms with E-state index in [9.17, 15) is 9.90 Å². The molecule has 3 nitrogen and oxygen atoms in total. The molecule has 0 aromatic rings. The fourth-order valence-electron chi connectivity index (χ4n) is 0.914. The van der Waals surface area contributed by atoms with Crippen LogP contribution >= 0.6 is 0 Å². The normalized spacial score (nSPS) is 28.5. The maximum absolute atomic E-state index is 10.5. The van der Waals surface area contributed by atoms with E-state index in [1.54, 1.807) is 18.2 Å². The molecule has 0 saturated heterocycles. The second-order valence-corrected chi connectivity index (χ2v) is 2.43. The van der Waals surface area contributed by atoms with Gasteiger partial charge in [0.2, 0.25) is 5.79 Å². The van der Waals surface area contributed by atoms with Crippen LogP contribution in [0, 0.1) is 0 Å². The zero-order valence-corrected chi connectivity index (χ0v) is 6.28. The summed E-state index contributed by atoms with van der Waals surface area (Å²) in [6.45, 7) is 1.27. The highest BCUT2D eigenvalue weighted by molar-refractivity contribution is 5.66. The quantitative estimate of drug-likeness (QED) is 0.448. The Morgan fingerprint density at radius 2 is 2.36 bits per heavy atom. The van der Waals surface area contributed by atoms with Gasteiger partial charge in [0.05, 0.1) is 0 Å². The molecule has 0 fully saturated rings. The number of aliphatic hydroxyl groups is 1. The van der Waals surface area contributed by atoms with E-state index in [0.717, 1.165) is 0 Å². The highest BCUT2D eigenvalue weighted by Gasteiger charge is 2.26. The minimum atomic E-state index is -1.42. The van der Waals surface area contributed by atoms with Crippen LogP contribution in [0.4, 0.5) is 0 Å². The molecule has 0 amide bonds. The molecule has 0 bridgehead atoms. The molecule has 0 aromatic carbocycles. The zero-order chi connectivity index (χ0) is 8.32. The first-order chi connectivity index (χ1) is 5.12. The maximum Gasteiger partial charge on any atom is 0.305 e. The molecule has 0 heterocycles. The molecule has 1 N–H and O–H groups in total. The molecule has 0 radical (unpaired) electrons. The van der Waals surface area contributed by atoms with Crippen LogP contribution in [-0.2, 0) is 9.53 Å². The standard InChI is InChI=1S/C8H10O3/c1-7(9)11-8(10)5-3-2-4-6-8/h2-5,10H,6H2,1H3. The van der Waals surface area contributed by atoms with Crippen molar-refractivity contribution in [3.05, 3.63) is 24.3 Å². The summed E-state index contributed by atoms with van der Waals surface area (Å²) < 4.78 is 4.66. The Kier molecular flexibility index (Phi) is 2.10. The van der Waals surface area contributed by atoms with Crippen molar-refractivity contribution in [3.8, 4) is 0 Å². The molecule has 1 unspecified atom stereocenters. The van der Waals surface area contributed by atoms with Gasteiger partial charge in [-0.1, -0.05) is 18.2 Å². The first-order valence-electron chi connectivity index (χ1n) is 3.39. The van der Waals surface area contributed by atoms with Gasteiger partial charge in [-0.2, -0.15) is 0 Å². The van der Waals surface area contributed by atoms with Crippen LogP contribution in [0.25, 0.3) is 0 Å². The summed E-state index contributed by atoms with van der Waals surface area (Å²) in [5.74, 6) is -1.90. The second-order valence-electron chi connectivity index (χ2n) is 2.43. The predicted molar refractivity (Wildman–Crippen MR) is 39.6 cm³/mol. The molecule has 1 aliphatic rings. The lowest BCUT2D eigenvalue weighted by Crippen LogP contribution is -2.32. The van der Waals surface area contributed by atoms with Gasteiger partial charge in [-0.25, -0.2) is 0 Å². The molecule has 3 heteroatoms. The number of hydrogen-bond donors (Lipinski definition) is 1. The topological polar surface area (TPSA) is 46.5 Å². The largest absolute Gasteiger partial charge is 0.429 e. The highest BCUT2D eigenvalue weighted by atomic mass is 16.7. The average molecular weight is 154 g/mol. The number of carbonyl (C=O) groups excluding carboxylic acids is 1. The van der Waals surface area contributed by atoms with E-state index in [4.69, 9.17) is 0 Å². The first kappa shape index (κ1) is 8.01. The number of hydrogen-bond acceptors (Lipinski definition) is 3. The van der Waals surface area contributed by atoms with Crippen LogP contribution in [0.15, 0.2) is 24.3 Å². The Morgan fingerprint density at radius 1 is 1.64 bits per heavy atom. The minimum Gasteiger partial charge on any atom is -0.429 e. The SMILES string of the molecule is CC(=O)OC1(O)C=CC=CC1. The fraction of sp³-hybridized carbons (Fsp3) is 0.375. The number of rotatable bonds is 1. The lowest BCUT2D eigenvalue weighted by atomic mass is 10.1. The number of esters is 1. The summed E-state index contributed by atoms with van der Waals surface area (Å²) in [7, 11) is 0. The third kappa shape index (κ3) is 2.20. The van der Waals surface area contributed by atoms with Crippen LogP contribution < -0.4 is 0 Å². The summed E-state index contributed by atoms with van der Waals surface area (Å²) >= 11 is 0. The molecule has 0 aliphatic heterocycles. The lowest BCUT2D eigenvalue weighted by Gasteiger charge is -2.23. The van der Waals surface area contributed by atoms with E-state index in [1.165, 1.54) is 13.0 Å². The van der Waals surface area contributed by atoms with Crippen LogP contribution in [0.1, 0.15) is 13.3 Å². The number of allylic oxidation sites excluding steroid dienone is 2. The summed E-state index contributed by atoms with van der Waals surface area (Å²) in [5, 5.41) is 9.46. The van der Waals surface area contributed by atoms with Gasteiger partial charge in [0, 0.05) is 13.3 Å². The maximum atomic E-state index is 10.5. The van der Waals surface area contributed by atoms with Gasteiger partial charge in [-0.3, -0.25) is 4.79 Å². The third-order valence-corrected chi connectivity index (χ3v) is 1.33. The molecule has 0 spiro atoms. The van der Waals surface area contributed by atoms with Crippen LogP contribution in [0.3, 0.4) is 0 Å². The van der Waals surface area contributed by atoms with E-state index in [0.29, 0.717) is 6.42 Å². The van der Waals surface area contributed by atoms with Gasteiger partial charge in [0.15, 0.2) is 0 Å². The van der Waals surface area contributed by atoms with Crippen LogP contribution in [0.5, 0.6) is 0 Å². The van der Waals surface area contributed by atoms with Crippen molar-refractivity contribution in [3.63, 3.8) is 0 Å². The summed E-state index contributed by atoms with van der Waals surface area (Å²) in [6, 6.07) is 0. The molecule has 0 aromatic heterocycles. The highest BCUT2D eigenvalue weighted by Crippen LogP contribution is 2.18. The molecule has 0 saturated carbocycles. The van der Waals surface area contributed by atoms with E-state index >= 15 is 0 Å².